The molecule has 0 aliphatic heterocycles. The minimum Gasteiger partial charge on any atom is -0.204 e. The van der Waals surface area contributed by atoms with E-state index in [0.717, 1.165) is 36.2 Å². The van der Waals surface area contributed by atoms with Gasteiger partial charge in [0.05, 0.1) is 6.07 Å². The van der Waals surface area contributed by atoms with Crippen LogP contribution >= 0.6 is 0 Å². The number of aryl methyl sites for hydroxylation is 1. The van der Waals surface area contributed by atoms with Crippen LogP contribution in [0.2, 0.25) is 0 Å². The molecule has 0 aromatic heterocycles. The molecule has 2 saturated carbocycles. The smallest absolute Gasteiger partial charge is 0.159 e. The van der Waals surface area contributed by atoms with Crippen molar-refractivity contribution in [3.63, 3.8) is 0 Å². The van der Waals surface area contributed by atoms with Gasteiger partial charge in [0.25, 0.3) is 0 Å². The molecular weight excluding hydrogens is 352 g/mol. The standard InChI is InChI=1S/C25H33F2N/c26-24-16-11-21(18-25(24)27)5-2-1-4-19-7-12-22(13-8-19)23-14-9-20(10-15-23)6-3-17-28/h3,6,11,16,18-20,22-23H,1-2,4-5,7-10,12-15H2/t19-,20-,22-,23-. The van der Waals surface area contributed by atoms with Crippen LogP contribution in [0.5, 0.6) is 0 Å². The molecule has 0 atom stereocenters. The Morgan fingerprint density at radius 2 is 1.57 bits per heavy atom. The molecule has 0 bridgehead atoms. The summed E-state index contributed by atoms with van der Waals surface area (Å²) >= 11 is 0. The van der Waals surface area contributed by atoms with E-state index in [0.29, 0.717) is 5.92 Å². The molecule has 2 fully saturated rings. The van der Waals surface area contributed by atoms with Gasteiger partial charge < -0.3 is 0 Å². The lowest BCUT2D eigenvalue weighted by Crippen LogP contribution is -2.25. The largest absolute Gasteiger partial charge is 0.204 e. The third-order valence-corrected chi connectivity index (χ3v) is 7.13. The number of hydrogen-bond acceptors (Lipinski definition) is 1. The highest BCUT2D eigenvalue weighted by molar-refractivity contribution is 5.17. The van der Waals surface area contributed by atoms with Crippen molar-refractivity contribution in [2.45, 2.75) is 77.0 Å². The van der Waals surface area contributed by atoms with Gasteiger partial charge in [0.1, 0.15) is 0 Å². The van der Waals surface area contributed by atoms with Crippen molar-refractivity contribution in [2.75, 3.05) is 0 Å². The lowest BCUT2D eigenvalue weighted by atomic mass is 9.68. The van der Waals surface area contributed by atoms with Crippen molar-refractivity contribution < 1.29 is 8.78 Å². The lowest BCUT2D eigenvalue weighted by molar-refractivity contribution is 0.151. The Labute approximate surface area is 168 Å². The molecular formula is C25H33F2N. The van der Waals surface area contributed by atoms with Gasteiger partial charge in [0.15, 0.2) is 11.6 Å². The maximum absolute atomic E-state index is 13.3. The van der Waals surface area contributed by atoms with Crippen LogP contribution in [0.15, 0.2) is 30.4 Å². The van der Waals surface area contributed by atoms with Gasteiger partial charge in [-0.15, -0.1) is 0 Å². The summed E-state index contributed by atoms with van der Waals surface area (Å²) < 4.78 is 26.2. The predicted molar refractivity (Wildman–Crippen MR) is 110 cm³/mol. The minimum atomic E-state index is -0.757. The fourth-order valence-electron chi connectivity index (χ4n) is 5.39. The van der Waals surface area contributed by atoms with Gasteiger partial charge in [0, 0.05) is 6.08 Å². The molecule has 152 valence electrons. The Morgan fingerprint density at radius 1 is 0.893 bits per heavy atom. The second-order valence-corrected chi connectivity index (χ2v) is 8.94. The van der Waals surface area contributed by atoms with E-state index in [1.54, 1.807) is 12.1 Å². The molecule has 3 heteroatoms. The third kappa shape index (κ3) is 6.16. The number of benzene rings is 1. The average Bonchev–Trinajstić information content (AvgIpc) is 2.73. The summed E-state index contributed by atoms with van der Waals surface area (Å²) in [6.45, 7) is 0. The van der Waals surface area contributed by atoms with E-state index in [9.17, 15) is 8.78 Å². The predicted octanol–water partition coefficient (Wildman–Crippen LogP) is 7.37. The second kappa shape index (κ2) is 10.7. The highest BCUT2D eigenvalue weighted by Crippen LogP contribution is 2.42. The van der Waals surface area contributed by atoms with Crippen molar-refractivity contribution in [3.05, 3.63) is 47.5 Å². The van der Waals surface area contributed by atoms with Gasteiger partial charge in [-0.2, -0.15) is 5.26 Å². The topological polar surface area (TPSA) is 23.8 Å². The summed E-state index contributed by atoms with van der Waals surface area (Å²) in [6, 6.07) is 6.39. The molecule has 1 aromatic rings. The first-order valence-corrected chi connectivity index (χ1v) is 11.2. The second-order valence-electron chi connectivity index (χ2n) is 8.94. The fourth-order valence-corrected chi connectivity index (χ4v) is 5.39. The third-order valence-electron chi connectivity index (χ3n) is 7.13. The molecule has 0 amide bonds. The van der Waals surface area contributed by atoms with Crippen molar-refractivity contribution >= 4 is 0 Å². The number of rotatable bonds is 7. The maximum Gasteiger partial charge on any atom is 0.159 e. The zero-order valence-corrected chi connectivity index (χ0v) is 16.9. The Kier molecular flexibility index (Phi) is 8.07. The first-order valence-electron chi connectivity index (χ1n) is 11.2. The molecule has 0 N–H and O–H groups in total. The van der Waals surface area contributed by atoms with Gasteiger partial charge in [-0.3, -0.25) is 0 Å². The summed E-state index contributed by atoms with van der Waals surface area (Å²) in [6.07, 6.45) is 18.8. The highest BCUT2D eigenvalue weighted by atomic mass is 19.2. The molecule has 0 radical (unpaired) electrons. The zero-order chi connectivity index (χ0) is 19.8. The van der Waals surface area contributed by atoms with Crippen LogP contribution in [-0.4, -0.2) is 0 Å². The number of hydrogen-bond donors (Lipinski definition) is 0. The van der Waals surface area contributed by atoms with E-state index in [1.165, 1.54) is 76.3 Å². The Hall–Kier alpha value is -1.69. The molecule has 1 aromatic carbocycles. The Morgan fingerprint density at radius 3 is 2.21 bits per heavy atom. The van der Waals surface area contributed by atoms with Crippen LogP contribution in [0.25, 0.3) is 0 Å². The highest BCUT2D eigenvalue weighted by Gasteiger charge is 2.30. The summed E-state index contributed by atoms with van der Waals surface area (Å²) in [7, 11) is 0. The van der Waals surface area contributed by atoms with E-state index in [2.05, 4.69) is 12.1 Å². The Balaban J connectivity index is 1.30. The first-order chi connectivity index (χ1) is 13.7. The number of nitriles is 1. The lowest BCUT2D eigenvalue weighted by Gasteiger charge is -2.37. The van der Waals surface area contributed by atoms with Crippen LogP contribution in [0.1, 0.15) is 76.2 Å². The first kappa shape index (κ1) is 21.0. The molecule has 3 rings (SSSR count). The summed E-state index contributed by atoms with van der Waals surface area (Å²) in [5, 5.41) is 8.67. The molecule has 2 aliphatic carbocycles. The van der Waals surface area contributed by atoms with Gasteiger partial charge in [-0.1, -0.05) is 37.8 Å². The van der Waals surface area contributed by atoms with Crippen molar-refractivity contribution in [1.82, 2.24) is 0 Å². The van der Waals surface area contributed by atoms with E-state index in [-0.39, 0.29) is 0 Å². The van der Waals surface area contributed by atoms with E-state index >= 15 is 0 Å². The van der Waals surface area contributed by atoms with Crippen LogP contribution < -0.4 is 0 Å². The normalized spacial score (nSPS) is 28.3. The molecule has 0 heterocycles. The van der Waals surface area contributed by atoms with Crippen LogP contribution in [0.3, 0.4) is 0 Å². The van der Waals surface area contributed by atoms with Crippen molar-refractivity contribution in [2.24, 2.45) is 23.7 Å². The van der Waals surface area contributed by atoms with Gasteiger partial charge in [-0.05, 0) is 92.7 Å². The molecule has 1 nitrogen and oxygen atoms in total. The molecule has 2 aliphatic rings. The van der Waals surface area contributed by atoms with Crippen molar-refractivity contribution in [1.29, 1.82) is 5.26 Å². The monoisotopic (exact) mass is 385 g/mol. The summed E-state index contributed by atoms with van der Waals surface area (Å²) in [4.78, 5) is 0. The number of halogens is 2. The van der Waals surface area contributed by atoms with E-state index in [4.69, 9.17) is 5.26 Å². The van der Waals surface area contributed by atoms with Gasteiger partial charge >= 0.3 is 0 Å². The van der Waals surface area contributed by atoms with Crippen molar-refractivity contribution in [3.8, 4) is 6.07 Å². The number of unbranched alkanes of at least 4 members (excludes halogenated alkanes) is 1. The summed E-state index contributed by atoms with van der Waals surface area (Å²) in [5.74, 6) is 1.82. The van der Waals surface area contributed by atoms with Gasteiger partial charge in [0.2, 0.25) is 0 Å². The van der Waals surface area contributed by atoms with E-state index in [1.807, 2.05) is 0 Å². The zero-order valence-electron chi connectivity index (χ0n) is 16.9. The maximum atomic E-state index is 13.3. The SMILES string of the molecule is N#CC=C[C@H]1CC[C@H]([C@H]2CC[C@H](CCCCc3ccc(F)c(F)c3)CC2)CC1. The minimum absolute atomic E-state index is 0.627. The van der Waals surface area contributed by atoms with Gasteiger partial charge in [-0.25, -0.2) is 8.78 Å². The molecule has 0 unspecified atom stereocenters. The van der Waals surface area contributed by atoms with Crippen LogP contribution in [0.4, 0.5) is 8.78 Å². The van der Waals surface area contributed by atoms with Crippen LogP contribution in [-0.2, 0) is 6.42 Å². The molecule has 28 heavy (non-hydrogen) atoms. The van der Waals surface area contributed by atoms with Crippen LogP contribution in [0, 0.1) is 46.6 Å². The fraction of sp³-hybridized carbons (Fsp3) is 0.640. The number of allylic oxidation sites excluding steroid dienone is 2. The molecule has 0 saturated heterocycles. The van der Waals surface area contributed by atoms with E-state index < -0.39 is 11.6 Å². The average molecular weight is 386 g/mol. The Bertz CT molecular complexity index is 674. The molecule has 0 spiro atoms. The quantitative estimate of drug-likeness (QED) is 0.355. The summed E-state index contributed by atoms with van der Waals surface area (Å²) in [5.41, 5.74) is 0.905. The number of nitrogens with zero attached hydrogens (tertiary/aromatic N) is 1.